The fourth-order valence-electron chi connectivity index (χ4n) is 3.65. The molecule has 11 heteroatoms. The normalized spacial score (nSPS) is 14.7. The molecular weight excluding hydrogens is 434 g/mol. The van der Waals surface area contributed by atoms with Crippen LogP contribution in [0.1, 0.15) is 27.5 Å². The maximum Gasteiger partial charge on any atom is 0.264 e. The van der Waals surface area contributed by atoms with Gasteiger partial charge in [0.05, 0.1) is 23.9 Å². The second kappa shape index (κ2) is 11.5. The molecule has 1 N–H and O–H groups in total. The van der Waals surface area contributed by atoms with E-state index in [9.17, 15) is 9.59 Å². The summed E-state index contributed by atoms with van der Waals surface area (Å²) in [6.07, 6.45) is 0.793. The quantitative estimate of drug-likeness (QED) is 0.520. The maximum absolute atomic E-state index is 13.2. The Morgan fingerprint density at radius 2 is 1.84 bits per heavy atom. The summed E-state index contributed by atoms with van der Waals surface area (Å²) in [6, 6.07) is 0. The summed E-state index contributed by atoms with van der Waals surface area (Å²) in [7, 11) is 4.79. The number of nitrogens with one attached hydrogen (secondary N) is 1. The Labute approximate surface area is 191 Å². The van der Waals surface area contributed by atoms with Gasteiger partial charge in [-0.3, -0.25) is 14.5 Å². The highest BCUT2D eigenvalue weighted by atomic mass is 32.1. The summed E-state index contributed by atoms with van der Waals surface area (Å²) < 4.78 is 15.6. The molecule has 10 nitrogen and oxygen atoms in total. The van der Waals surface area contributed by atoms with Gasteiger partial charge in [-0.05, 0) is 18.9 Å². The Bertz CT molecular complexity index is 942. The van der Waals surface area contributed by atoms with E-state index in [-0.39, 0.29) is 18.4 Å². The maximum atomic E-state index is 13.2. The fraction of sp³-hybridized carbons (Fsp3) is 0.619. The first-order valence-corrected chi connectivity index (χ1v) is 11.4. The summed E-state index contributed by atoms with van der Waals surface area (Å²) in [4.78, 5) is 39.5. The molecule has 0 radical (unpaired) electrons. The molecular formula is C21H31N5O5S. The molecule has 32 heavy (non-hydrogen) atoms. The zero-order chi connectivity index (χ0) is 23.1. The number of methoxy groups -OCH3 is 3. The van der Waals surface area contributed by atoms with E-state index >= 15 is 0 Å². The third kappa shape index (κ3) is 5.71. The van der Waals surface area contributed by atoms with E-state index in [4.69, 9.17) is 14.2 Å². The molecule has 1 aliphatic rings. The summed E-state index contributed by atoms with van der Waals surface area (Å²) in [6.45, 7) is 6.20. The number of amides is 2. The predicted molar refractivity (Wildman–Crippen MR) is 121 cm³/mol. The molecule has 0 atom stereocenters. The number of piperazine rings is 1. The van der Waals surface area contributed by atoms with Gasteiger partial charge in [-0.25, -0.2) is 4.98 Å². The molecule has 2 aromatic heterocycles. The number of ether oxygens (including phenoxy) is 3. The van der Waals surface area contributed by atoms with Crippen LogP contribution in [0, 0.1) is 6.92 Å². The first kappa shape index (κ1) is 24.3. The monoisotopic (exact) mass is 465 g/mol. The molecule has 3 heterocycles. The van der Waals surface area contributed by atoms with Gasteiger partial charge in [-0.15, -0.1) is 11.3 Å². The summed E-state index contributed by atoms with van der Waals surface area (Å²) in [5, 5.41) is 3.67. The summed E-state index contributed by atoms with van der Waals surface area (Å²) >= 11 is 1.35. The molecule has 0 aliphatic carbocycles. The Morgan fingerprint density at radius 1 is 1.09 bits per heavy atom. The van der Waals surface area contributed by atoms with Crippen molar-refractivity contribution in [3.05, 3.63) is 16.3 Å². The van der Waals surface area contributed by atoms with E-state index in [0.717, 1.165) is 17.4 Å². The lowest BCUT2D eigenvalue weighted by Gasteiger charge is -2.34. The van der Waals surface area contributed by atoms with Crippen LogP contribution in [-0.4, -0.2) is 98.8 Å². The van der Waals surface area contributed by atoms with Crippen molar-refractivity contribution in [3.63, 3.8) is 0 Å². The van der Waals surface area contributed by atoms with E-state index in [2.05, 4.69) is 20.2 Å². The number of carbonyl (C=O) groups is 2. The van der Waals surface area contributed by atoms with E-state index in [1.165, 1.54) is 11.3 Å². The first-order valence-electron chi connectivity index (χ1n) is 10.6. The highest BCUT2D eigenvalue weighted by molar-refractivity contribution is 7.20. The molecule has 0 unspecified atom stereocenters. The highest BCUT2D eigenvalue weighted by Gasteiger charge is 2.27. The molecule has 176 valence electrons. The molecule has 3 rings (SSSR count). The summed E-state index contributed by atoms with van der Waals surface area (Å²) in [5.41, 5.74) is 0.827. The predicted octanol–water partition coefficient (Wildman–Crippen LogP) is 1.07. The average Bonchev–Trinajstić information content (AvgIpc) is 3.13. The number of hydrogen-bond acceptors (Lipinski definition) is 9. The fourth-order valence-corrected chi connectivity index (χ4v) is 4.80. The van der Waals surface area contributed by atoms with Crippen LogP contribution in [0.15, 0.2) is 0 Å². The molecule has 0 spiro atoms. The Hall–Kier alpha value is -2.34. The number of aromatic nitrogens is 2. The van der Waals surface area contributed by atoms with Gasteiger partial charge in [0.2, 0.25) is 11.8 Å². The van der Waals surface area contributed by atoms with Crippen molar-refractivity contribution < 1.29 is 23.8 Å². The van der Waals surface area contributed by atoms with Crippen LogP contribution >= 0.6 is 11.3 Å². The van der Waals surface area contributed by atoms with Gasteiger partial charge in [-0.2, -0.15) is 4.98 Å². The van der Waals surface area contributed by atoms with Gasteiger partial charge in [0, 0.05) is 53.6 Å². The number of fused-ring (bicyclic) bond motifs is 1. The molecule has 0 saturated carbocycles. The average molecular weight is 466 g/mol. The minimum Gasteiger partial charge on any atom is -0.480 e. The van der Waals surface area contributed by atoms with Crippen molar-refractivity contribution in [2.24, 2.45) is 0 Å². The lowest BCUT2D eigenvalue weighted by molar-refractivity contribution is -0.122. The number of hydrogen-bond donors (Lipinski definition) is 1. The van der Waals surface area contributed by atoms with Crippen molar-refractivity contribution in [2.75, 3.05) is 67.2 Å². The van der Waals surface area contributed by atoms with Gasteiger partial charge in [0.1, 0.15) is 11.4 Å². The van der Waals surface area contributed by atoms with E-state index in [0.29, 0.717) is 67.3 Å². The summed E-state index contributed by atoms with van der Waals surface area (Å²) in [5.74, 6) is 0.950. The third-order valence-electron chi connectivity index (χ3n) is 5.34. The van der Waals surface area contributed by atoms with Crippen molar-refractivity contribution in [2.45, 2.75) is 20.0 Å². The van der Waals surface area contributed by atoms with Crippen molar-refractivity contribution in [3.8, 4) is 5.88 Å². The number of thiophene rings is 1. The SMILES string of the molecule is COCCCNC(=O)CN1CCN(C(=O)c2sc3nc(COC)nc(OC)c3c2C)CC1. The molecule has 1 aliphatic heterocycles. The highest BCUT2D eigenvalue weighted by Crippen LogP contribution is 2.35. The molecule has 0 aromatic carbocycles. The second-order valence-electron chi connectivity index (χ2n) is 7.58. The van der Waals surface area contributed by atoms with Crippen molar-refractivity contribution in [1.29, 1.82) is 0 Å². The Balaban J connectivity index is 1.62. The molecule has 2 aromatic rings. The van der Waals surface area contributed by atoms with Gasteiger partial charge in [0.15, 0.2) is 5.82 Å². The topological polar surface area (TPSA) is 106 Å². The number of aryl methyl sites for hydroxylation is 1. The molecule has 0 bridgehead atoms. The van der Waals surface area contributed by atoms with Gasteiger partial charge < -0.3 is 24.4 Å². The first-order chi connectivity index (χ1) is 15.5. The second-order valence-corrected chi connectivity index (χ2v) is 8.58. The van der Waals surface area contributed by atoms with Gasteiger partial charge in [0.25, 0.3) is 5.91 Å². The molecule has 1 fully saturated rings. The van der Waals surface area contributed by atoms with Gasteiger partial charge >= 0.3 is 0 Å². The Kier molecular flexibility index (Phi) is 8.74. The lowest BCUT2D eigenvalue weighted by Crippen LogP contribution is -2.51. The van der Waals surface area contributed by atoms with E-state index in [1.807, 2.05) is 11.8 Å². The van der Waals surface area contributed by atoms with Gasteiger partial charge in [-0.1, -0.05) is 0 Å². The molecule has 1 saturated heterocycles. The lowest BCUT2D eigenvalue weighted by atomic mass is 10.2. The van der Waals surface area contributed by atoms with Crippen molar-refractivity contribution in [1.82, 2.24) is 25.1 Å². The zero-order valence-corrected chi connectivity index (χ0v) is 19.9. The smallest absolute Gasteiger partial charge is 0.264 e. The minimum absolute atomic E-state index is 0.00115. The van der Waals surface area contributed by atoms with E-state index in [1.54, 1.807) is 21.3 Å². The number of rotatable bonds is 10. The number of carbonyl (C=O) groups excluding carboxylic acids is 2. The third-order valence-corrected chi connectivity index (χ3v) is 6.51. The zero-order valence-electron chi connectivity index (χ0n) is 19.1. The molecule has 2 amide bonds. The van der Waals surface area contributed by atoms with Crippen LogP contribution in [0.5, 0.6) is 5.88 Å². The van der Waals surface area contributed by atoms with Crippen LogP contribution in [0.4, 0.5) is 0 Å². The Morgan fingerprint density at radius 3 is 2.50 bits per heavy atom. The standard InChI is InChI=1S/C21H31N5O5S/c1-14-17-19(31-4)23-15(13-30-3)24-20(17)32-18(14)21(28)26-9-7-25(8-10-26)12-16(27)22-6-5-11-29-2/h5-13H2,1-4H3,(H,22,27). The van der Waals surface area contributed by atoms with Crippen LogP contribution in [0.2, 0.25) is 0 Å². The van der Waals surface area contributed by atoms with Crippen LogP contribution < -0.4 is 10.1 Å². The van der Waals surface area contributed by atoms with E-state index < -0.39 is 0 Å². The van der Waals surface area contributed by atoms with Crippen molar-refractivity contribution >= 4 is 33.4 Å². The number of nitrogens with zero attached hydrogens (tertiary/aromatic N) is 4. The largest absolute Gasteiger partial charge is 0.480 e. The van der Waals surface area contributed by atoms with Crippen LogP contribution in [0.25, 0.3) is 10.2 Å². The minimum atomic E-state index is -0.0236. The van der Waals surface area contributed by atoms with Crippen LogP contribution in [-0.2, 0) is 20.9 Å². The van der Waals surface area contributed by atoms with Crippen LogP contribution in [0.3, 0.4) is 0 Å².